The van der Waals surface area contributed by atoms with Crippen LogP contribution in [0.1, 0.15) is 17.2 Å². The van der Waals surface area contributed by atoms with E-state index < -0.39 is 11.6 Å². The van der Waals surface area contributed by atoms with Gasteiger partial charge in [0.2, 0.25) is 0 Å². The molecule has 17 heavy (non-hydrogen) atoms. The molecule has 0 aliphatic carbocycles. The van der Waals surface area contributed by atoms with E-state index in [4.69, 9.17) is 4.42 Å². The molecule has 0 saturated heterocycles. The predicted molar refractivity (Wildman–Crippen MR) is 60.6 cm³/mol. The molecule has 0 amide bonds. The SMILES string of the molecule is CNC(Cc1ccoc1)c1ccc(F)c(F)c1. The van der Waals surface area contributed by atoms with Crippen molar-refractivity contribution in [3.63, 3.8) is 0 Å². The minimum Gasteiger partial charge on any atom is -0.472 e. The smallest absolute Gasteiger partial charge is 0.159 e. The first-order valence-electron chi connectivity index (χ1n) is 5.34. The molecule has 0 fully saturated rings. The first kappa shape index (κ1) is 11.8. The van der Waals surface area contributed by atoms with Crippen molar-refractivity contribution in [3.8, 4) is 0 Å². The Morgan fingerprint density at radius 1 is 1.24 bits per heavy atom. The van der Waals surface area contributed by atoms with E-state index in [2.05, 4.69) is 5.32 Å². The maximum atomic E-state index is 13.1. The summed E-state index contributed by atoms with van der Waals surface area (Å²) >= 11 is 0. The molecule has 0 aliphatic heterocycles. The largest absolute Gasteiger partial charge is 0.472 e. The Labute approximate surface area is 98.3 Å². The fraction of sp³-hybridized carbons (Fsp3) is 0.231. The third-order valence-electron chi connectivity index (χ3n) is 2.71. The molecule has 0 bridgehead atoms. The summed E-state index contributed by atoms with van der Waals surface area (Å²) in [4.78, 5) is 0. The van der Waals surface area contributed by atoms with Crippen molar-refractivity contribution in [2.24, 2.45) is 0 Å². The highest BCUT2D eigenvalue weighted by Crippen LogP contribution is 2.20. The van der Waals surface area contributed by atoms with Crippen LogP contribution in [0.3, 0.4) is 0 Å². The Morgan fingerprint density at radius 2 is 2.06 bits per heavy atom. The van der Waals surface area contributed by atoms with Gasteiger partial charge in [0.05, 0.1) is 12.5 Å². The van der Waals surface area contributed by atoms with Crippen LogP contribution in [0.5, 0.6) is 0 Å². The second kappa shape index (κ2) is 5.10. The Morgan fingerprint density at radius 3 is 2.65 bits per heavy atom. The molecule has 2 nitrogen and oxygen atoms in total. The van der Waals surface area contributed by atoms with Gasteiger partial charge in [-0.3, -0.25) is 0 Å². The van der Waals surface area contributed by atoms with Crippen molar-refractivity contribution >= 4 is 0 Å². The zero-order valence-electron chi connectivity index (χ0n) is 9.41. The van der Waals surface area contributed by atoms with Crippen LogP contribution in [0.25, 0.3) is 0 Å². The topological polar surface area (TPSA) is 25.2 Å². The van der Waals surface area contributed by atoms with E-state index in [-0.39, 0.29) is 6.04 Å². The van der Waals surface area contributed by atoms with Gasteiger partial charge in [0.15, 0.2) is 11.6 Å². The number of nitrogens with one attached hydrogen (secondary N) is 1. The Bertz CT molecular complexity index is 482. The van der Waals surface area contributed by atoms with Crippen LogP contribution in [0.4, 0.5) is 8.78 Å². The van der Waals surface area contributed by atoms with Gasteiger partial charge in [-0.05, 0) is 42.8 Å². The predicted octanol–water partition coefficient (Wildman–Crippen LogP) is 3.06. The molecule has 1 N–H and O–H groups in total. The number of hydrogen-bond acceptors (Lipinski definition) is 2. The summed E-state index contributed by atoms with van der Waals surface area (Å²) in [6.45, 7) is 0. The molecule has 1 aromatic carbocycles. The fourth-order valence-corrected chi connectivity index (χ4v) is 1.76. The van der Waals surface area contributed by atoms with Crippen LogP contribution in [0.2, 0.25) is 0 Å². The van der Waals surface area contributed by atoms with Crippen molar-refractivity contribution in [1.29, 1.82) is 0 Å². The Balaban J connectivity index is 2.20. The van der Waals surface area contributed by atoms with E-state index in [9.17, 15) is 8.78 Å². The van der Waals surface area contributed by atoms with Gasteiger partial charge in [0.1, 0.15) is 0 Å². The number of hydrogen-bond donors (Lipinski definition) is 1. The second-order valence-electron chi connectivity index (χ2n) is 3.85. The molecule has 2 aromatic rings. The lowest BCUT2D eigenvalue weighted by atomic mass is 10.0. The second-order valence-corrected chi connectivity index (χ2v) is 3.85. The van der Waals surface area contributed by atoms with Crippen molar-refractivity contribution in [2.75, 3.05) is 7.05 Å². The van der Waals surface area contributed by atoms with Gasteiger partial charge >= 0.3 is 0 Å². The van der Waals surface area contributed by atoms with E-state index in [0.717, 1.165) is 11.6 Å². The lowest BCUT2D eigenvalue weighted by Crippen LogP contribution is -2.18. The highest BCUT2D eigenvalue weighted by molar-refractivity contribution is 5.23. The monoisotopic (exact) mass is 237 g/mol. The maximum Gasteiger partial charge on any atom is 0.159 e. The zero-order chi connectivity index (χ0) is 12.3. The first-order chi connectivity index (χ1) is 8.20. The summed E-state index contributed by atoms with van der Waals surface area (Å²) in [6, 6.07) is 5.73. The summed E-state index contributed by atoms with van der Waals surface area (Å²) in [5.74, 6) is -1.65. The fourth-order valence-electron chi connectivity index (χ4n) is 1.76. The molecule has 1 aromatic heterocycles. The molecule has 2 rings (SSSR count). The lowest BCUT2D eigenvalue weighted by Gasteiger charge is -2.15. The summed E-state index contributed by atoms with van der Waals surface area (Å²) in [6.07, 6.45) is 3.90. The highest BCUT2D eigenvalue weighted by Gasteiger charge is 2.13. The van der Waals surface area contributed by atoms with Crippen molar-refractivity contribution in [1.82, 2.24) is 5.32 Å². The standard InChI is InChI=1S/C13H13F2NO/c1-16-13(6-9-4-5-17-8-9)10-2-3-11(14)12(15)7-10/h2-5,7-8,13,16H,6H2,1H3. The van der Waals surface area contributed by atoms with Gasteiger partial charge in [-0.25, -0.2) is 8.78 Å². The number of benzene rings is 1. The molecule has 1 unspecified atom stereocenters. The molecule has 1 heterocycles. The van der Waals surface area contributed by atoms with Gasteiger partial charge in [-0.1, -0.05) is 6.07 Å². The third-order valence-corrected chi connectivity index (χ3v) is 2.71. The zero-order valence-corrected chi connectivity index (χ0v) is 9.41. The van der Waals surface area contributed by atoms with Crippen LogP contribution in [-0.4, -0.2) is 7.05 Å². The van der Waals surface area contributed by atoms with Gasteiger partial charge in [0.25, 0.3) is 0 Å². The van der Waals surface area contributed by atoms with Gasteiger partial charge < -0.3 is 9.73 Å². The quantitative estimate of drug-likeness (QED) is 0.884. The maximum absolute atomic E-state index is 13.1. The molecule has 1 atom stereocenters. The average molecular weight is 237 g/mol. The summed E-state index contributed by atoms with van der Waals surface area (Å²) in [5, 5.41) is 3.07. The van der Waals surface area contributed by atoms with Crippen molar-refractivity contribution < 1.29 is 13.2 Å². The highest BCUT2D eigenvalue weighted by atomic mass is 19.2. The van der Waals surface area contributed by atoms with Gasteiger partial charge in [-0.15, -0.1) is 0 Å². The van der Waals surface area contributed by atoms with E-state index in [1.54, 1.807) is 25.6 Å². The van der Waals surface area contributed by atoms with E-state index in [1.807, 2.05) is 6.07 Å². The van der Waals surface area contributed by atoms with Crippen LogP contribution in [-0.2, 0) is 6.42 Å². The summed E-state index contributed by atoms with van der Waals surface area (Å²) < 4.78 is 30.9. The molecule has 0 saturated carbocycles. The van der Waals surface area contributed by atoms with Crippen LogP contribution < -0.4 is 5.32 Å². The molecule has 0 aliphatic rings. The molecule has 90 valence electrons. The van der Waals surface area contributed by atoms with E-state index in [0.29, 0.717) is 12.0 Å². The number of halogens is 2. The minimum atomic E-state index is -0.827. The Kier molecular flexibility index (Phi) is 3.54. The third kappa shape index (κ3) is 2.71. The molecular weight excluding hydrogens is 224 g/mol. The number of furan rings is 1. The van der Waals surface area contributed by atoms with Crippen LogP contribution >= 0.6 is 0 Å². The van der Waals surface area contributed by atoms with Crippen molar-refractivity contribution in [2.45, 2.75) is 12.5 Å². The first-order valence-corrected chi connectivity index (χ1v) is 5.34. The van der Waals surface area contributed by atoms with Crippen molar-refractivity contribution in [3.05, 3.63) is 59.6 Å². The average Bonchev–Trinajstić information content (AvgIpc) is 2.82. The lowest BCUT2D eigenvalue weighted by molar-refractivity contribution is 0.500. The van der Waals surface area contributed by atoms with Crippen LogP contribution in [0, 0.1) is 11.6 Å². The Hall–Kier alpha value is -1.68. The number of likely N-dealkylation sites (N-methyl/N-ethyl adjacent to an activating group) is 1. The van der Waals surface area contributed by atoms with E-state index >= 15 is 0 Å². The van der Waals surface area contributed by atoms with Crippen LogP contribution in [0.15, 0.2) is 41.2 Å². The molecular formula is C13H13F2NO. The normalized spacial score (nSPS) is 12.6. The molecule has 0 spiro atoms. The van der Waals surface area contributed by atoms with E-state index in [1.165, 1.54) is 6.07 Å². The molecule has 0 radical (unpaired) electrons. The molecule has 4 heteroatoms. The summed E-state index contributed by atoms with van der Waals surface area (Å²) in [5.41, 5.74) is 1.72. The van der Waals surface area contributed by atoms with Gasteiger partial charge in [0, 0.05) is 6.04 Å². The number of rotatable bonds is 4. The van der Waals surface area contributed by atoms with Gasteiger partial charge in [-0.2, -0.15) is 0 Å². The summed E-state index contributed by atoms with van der Waals surface area (Å²) in [7, 11) is 1.78. The minimum absolute atomic E-state index is 0.0669.